The highest BCUT2D eigenvalue weighted by atomic mass is 127. The van der Waals surface area contributed by atoms with Gasteiger partial charge in [0.15, 0.2) is 0 Å². The molecular weight excluding hydrogens is 376 g/mol. The summed E-state index contributed by atoms with van der Waals surface area (Å²) < 4.78 is 21.0. The summed E-state index contributed by atoms with van der Waals surface area (Å²) in [4.78, 5) is 4.82. The Kier molecular flexibility index (Phi) is 3.88. The molecule has 0 aromatic heterocycles. The molecule has 2 heterocycles. The van der Waals surface area contributed by atoms with Crippen LogP contribution in [-0.2, 0) is 10.3 Å². The second-order valence-corrected chi connectivity index (χ2v) is 7.28. The lowest BCUT2D eigenvalue weighted by Crippen LogP contribution is -2.43. The van der Waals surface area contributed by atoms with Crippen molar-refractivity contribution in [1.82, 2.24) is 0 Å². The predicted molar refractivity (Wildman–Crippen MR) is 85.8 cm³/mol. The fourth-order valence-electron chi connectivity index (χ4n) is 3.01. The maximum absolute atomic E-state index is 14.2. The third-order valence-corrected chi connectivity index (χ3v) is 6.63. The summed E-state index contributed by atoms with van der Waals surface area (Å²) in [6, 6.07) is 6.98. The quantitative estimate of drug-likeness (QED) is 0.567. The number of aliphatic imine (C=N–C) groups is 1. The minimum absolute atomic E-state index is 0.173. The minimum atomic E-state index is -0.517. The van der Waals surface area contributed by atoms with Crippen molar-refractivity contribution in [3.8, 4) is 0 Å². The van der Waals surface area contributed by atoms with Gasteiger partial charge in [-0.25, -0.2) is 4.39 Å². The van der Waals surface area contributed by atoms with E-state index < -0.39 is 5.54 Å². The number of hydrogen-bond acceptors (Lipinski definition) is 3. The zero-order chi connectivity index (χ0) is 13.5. The van der Waals surface area contributed by atoms with Crippen molar-refractivity contribution < 1.29 is 9.13 Å². The van der Waals surface area contributed by atoms with Gasteiger partial charge in [0, 0.05) is 21.2 Å². The van der Waals surface area contributed by atoms with E-state index in [1.54, 1.807) is 17.8 Å². The third kappa shape index (κ3) is 2.23. The lowest BCUT2D eigenvalue weighted by Gasteiger charge is -2.39. The van der Waals surface area contributed by atoms with E-state index in [1.165, 1.54) is 6.07 Å². The molecule has 0 aliphatic carbocycles. The molecule has 1 unspecified atom stereocenters. The molecule has 0 bridgehead atoms. The first kappa shape index (κ1) is 13.8. The van der Waals surface area contributed by atoms with Gasteiger partial charge < -0.3 is 4.74 Å². The van der Waals surface area contributed by atoms with E-state index in [1.807, 2.05) is 19.1 Å². The maximum Gasteiger partial charge on any atom is 0.128 e. The van der Waals surface area contributed by atoms with Gasteiger partial charge in [-0.2, -0.15) is 0 Å². The van der Waals surface area contributed by atoms with Gasteiger partial charge in [0.2, 0.25) is 0 Å². The molecule has 3 atom stereocenters. The molecule has 1 aromatic rings. The van der Waals surface area contributed by atoms with Gasteiger partial charge in [-0.1, -0.05) is 40.8 Å². The normalized spacial score (nSPS) is 33.9. The Balaban J connectivity index is 2.14. The molecule has 3 rings (SSSR count). The molecule has 0 amide bonds. The number of fused-ring (bicyclic) bond motifs is 1. The van der Waals surface area contributed by atoms with Gasteiger partial charge in [-0.05, 0) is 13.0 Å². The van der Waals surface area contributed by atoms with Crippen molar-refractivity contribution in [2.24, 2.45) is 10.9 Å². The lowest BCUT2D eigenvalue weighted by molar-refractivity contribution is 0.176. The summed E-state index contributed by atoms with van der Waals surface area (Å²) in [5.74, 6) is 0.0867. The molecule has 0 N–H and O–H groups in total. The molecule has 0 radical (unpaired) electrons. The zero-order valence-electron chi connectivity index (χ0n) is 10.6. The maximum atomic E-state index is 14.2. The molecule has 2 nitrogen and oxygen atoms in total. The standard InChI is InChI=1S/C14H15FINOS/c1-9-17-14(10-4-2-3-5-12(10)15)8-18-7-11(14)13(6-16)19-9/h2-5,11,13H,6-8H2,1H3/t11-,13?,14+/m1/s1. The molecule has 1 saturated heterocycles. The zero-order valence-corrected chi connectivity index (χ0v) is 13.6. The van der Waals surface area contributed by atoms with Crippen LogP contribution in [0.3, 0.4) is 0 Å². The summed E-state index contributed by atoms with van der Waals surface area (Å²) in [6.07, 6.45) is 0. The van der Waals surface area contributed by atoms with E-state index >= 15 is 0 Å². The molecule has 19 heavy (non-hydrogen) atoms. The number of rotatable bonds is 2. The summed E-state index contributed by atoms with van der Waals surface area (Å²) in [6.45, 7) is 3.18. The van der Waals surface area contributed by atoms with E-state index in [4.69, 9.17) is 9.73 Å². The fourth-order valence-corrected chi connectivity index (χ4v) is 5.35. The Morgan fingerprint density at radius 3 is 3.05 bits per heavy atom. The Morgan fingerprint density at radius 2 is 2.32 bits per heavy atom. The lowest BCUT2D eigenvalue weighted by atomic mass is 9.79. The number of ether oxygens (including phenoxy) is 1. The smallest absolute Gasteiger partial charge is 0.128 e. The first-order valence-electron chi connectivity index (χ1n) is 6.29. The average molecular weight is 391 g/mol. The van der Waals surface area contributed by atoms with Crippen LogP contribution in [0.25, 0.3) is 0 Å². The van der Waals surface area contributed by atoms with E-state index in [9.17, 15) is 4.39 Å². The second kappa shape index (κ2) is 5.33. The number of alkyl halides is 1. The van der Waals surface area contributed by atoms with E-state index in [2.05, 4.69) is 22.6 Å². The minimum Gasteiger partial charge on any atom is -0.378 e. The topological polar surface area (TPSA) is 21.6 Å². The van der Waals surface area contributed by atoms with Crippen molar-refractivity contribution >= 4 is 39.4 Å². The Morgan fingerprint density at radius 1 is 1.53 bits per heavy atom. The third-order valence-electron chi connectivity index (χ3n) is 3.85. The second-order valence-electron chi connectivity index (χ2n) is 4.97. The number of nitrogens with zero attached hydrogens (tertiary/aromatic N) is 1. The molecule has 5 heteroatoms. The Hall–Kier alpha value is -0.140. The molecule has 1 fully saturated rings. The highest BCUT2D eigenvalue weighted by molar-refractivity contribution is 14.1. The number of halogens is 2. The van der Waals surface area contributed by atoms with Crippen molar-refractivity contribution in [2.45, 2.75) is 17.7 Å². The van der Waals surface area contributed by atoms with E-state index in [0.29, 0.717) is 24.0 Å². The van der Waals surface area contributed by atoms with Gasteiger partial charge in [0.05, 0.1) is 18.3 Å². The van der Waals surface area contributed by atoms with Crippen LogP contribution in [0.2, 0.25) is 0 Å². The highest BCUT2D eigenvalue weighted by Gasteiger charge is 2.52. The van der Waals surface area contributed by atoms with Crippen LogP contribution >= 0.6 is 34.4 Å². The van der Waals surface area contributed by atoms with Gasteiger partial charge in [-0.15, -0.1) is 11.8 Å². The molecule has 0 saturated carbocycles. The first-order chi connectivity index (χ1) is 9.17. The molecule has 2 aliphatic rings. The highest BCUT2D eigenvalue weighted by Crippen LogP contribution is 2.49. The van der Waals surface area contributed by atoms with Crippen LogP contribution in [0.5, 0.6) is 0 Å². The van der Waals surface area contributed by atoms with E-state index in [0.717, 1.165) is 9.47 Å². The summed E-state index contributed by atoms with van der Waals surface area (Å²) in [5, 5.41) is 1.48. The fraction of sp³-hybridized carbons (Fsp3) is 0.500. The monoisotopic (exact) mass is 391 g/mol. The van der Waals surface area contributed by atoms with Crippen LogP contribution in [0.1, 0.15) is 12.5 Å². The van der Waals surface area contributed by atoms with Gasteiger partial charge in [0.1, 0.15) is 11.4 Å². The van der Waals surface area contributed by atoms with Crippen molar-refractivity contribution in [1.29, 1.82) is 0 Å². The summed E-state index contributed by atoms with van der Waals surface area (Å²) in [7, 11) is 0. The molecule has 1 aromatic carbocycles. The number of hydrogen-bond donors (Lipinski definition) is 0. The van der Waals surface area contributed by atoms with Gasteiger partial charge in [0.25, 0.3) is 0 Å². The van der Waals surface area contributed by atoms with E-state index in [-0.39, 0.29) is 11.7 Å². The number of thioether (sulfide) groups is 1. The van der Waals surface area contributed by atoms with Crippen LogP contribution < -0.4 is 0 Å². The summed E-state index contributed by atoms with van der Waals surface area (Å²) in [5.41, 5.74) is 0.170. The van der Waals surface area contributed by atoms with Crippen molar-refractivity contribution in [3.63, 3.8) is 0 Å². The molecule has 2 aliphatic heterocycles. The Labute approximate surface area is 130 Å². The average Bonchev–Trinajstić information content (AvgIpc) is 2.82. The van der Waals surface area contributed by atoms with Crippen LogP contribution in [0.15, 0.2) is 29.3 Å². The SMILES string of the molecule is CC1=N[C@]2(c3ccccc3F)COC[C@@H]2C(CI)S1. The summed E-state index contributed by atoms with van der Waals surface area (Å²) >= 11 is 4.20. The van der Waals surface area contributed by atoms with Crippen LogP contribution in [0, 0.1) is 11.7 Å². The molecular formula is C14H15FINOS. The van der Waals surface area contributed by atoms with Crippen molar-refractivity contribution in [2.75, 3.05) is 17.6 Å². The molecule has 102 valence electrons. The Bertz CT molecular complexity index is 524. The molecule has 0 spiro atoms. The largest absolute Gasteiger partial charge is 0.378 e. The predicted octanol–water partition coefficient (Wildman–Crippen LogP) is 3.64. The van der Waals surface area contributed by atoms with Gasteiger partial charge >= 0.3 is 0 Å². The van der Waals surface area contributed by atoms with Crippen molar-refractivity contribution in [3.05, 3.63) is 35.6 Å². The van der Waals surface area contributed by atoms with Crippen LogP contribution in [-0.4, -0.2) is 27.9 Å². The number of benzene rings is 1. The van der Waals surface area contributed by atoms with Gasteiger partial charge in [-0.3, -0.25) is 4.99 Å². The first-order valence-corrected chi connectivity index (χ1v) is 8.70. The van der Waals surface area contributed by atoms with Crippen LogP contribution in [0.4, 0.5) is 4.39 Å².